The molecule has 0 aliphatic carbocycles. The van der Waals surface area contributed by atoms with Gasteiger partial charge in [-0.05, 0) is 73.8 Å². The Morgan fingerprint density at radius 1 is 1.02 bits per heavy atom. The maximum absolute atomic E-state index is 13.3. The Kier molecular flexibility index (Phi) is 7.35. The first-order chi connectivity index (χ1) is 20.0. The number of non-ortho nitro benzene ring substituents is 1. The molecule has 1 amide bonds. The summed E-state index contributed by atoms with van der Waals surface area (Å²) in [5.41, 5.74) is 5.76. The van der Waals surface area contributed by atoms with Gasteiger partial charge in [-0.1, -0.05) is 30.7 Å². The van der Waals surface area contributed by atoms with Crippen molar-refractivity contribution in [2.75, 3.05) is 30.3 Å². The molecule has 0 unspecified atom stereocenters. The van der Waals surface area contributed by atoms with Crippen LogP contribution in [0, 0.1) is 10.1 Å². The Morgan fingerprint density at radius 2 is 1.78 bits per heavy atom. The quantitative estimate of drug-likeness (QED) is 0.160. The number of imidazole rings is 1. The summed E-state index contributed by atoms with van der Waals surface area (Å²) in [7, 11) is 1.95. The summed E-state index contributed by atoms with van der Waals surface area (Å²) in [6, 6.07) is 20.5. The Labute approximate surface area is 238 Å². The molecule has 6 rings (SSSR count). The number of nitro benzene ring substituents is 1. The topological polar surface area (TPSA) is 105 Å². The van der Waals surface area contributed by atoms with Crippen molar-refractivity contribution >= 4 is 34.2 Å². The van der Waals surface area contributed by atoms with Crippen LogP contribution in [0.2, 0.25) is 0 Å². The second-order valence-electron chi connectivity index (χ2n) is 10.6. The van der Waals surface area contributed by atoms with E-state index >= 15 is 0 Å². The van der Waals surface area contributed by atoms with Crippen molar-refractivity contribution in [3.63, 3.8) is 0 Å². The molecule has 2 N–H and O–H groups in total. The number of rotatable bonds is 8. The molecule has 2 aliphatic rings. The third-order valence-electron chi connectivity index (χ3n) is 7.85. The maximum Gasteiger partial charge on any atom is 0.270 e. The van der Waals surface area contributed by atoms with E-state index in [1.54, 1.807) is 12.3 Å². The molecule has 1 saturated heterocycles. The number of anilines is 2. The first-order valence-electron chi connectivity index (χ1n) is 14.0. The smallest absolute Gasteiger partial charge is 0.270 e. The zero-order chi connectivity index (χ0) is 28.3. The average Bonchev–Trinajstić information content (AvgIpc) is 3.57. The molecular weight excluding hydrogens is 516 g/mol. The molecule has 0 radical (unpaired) electrons. The van der Waals surface area contributed by atoms with Crippen LogP contribution in [-0.2, 0) is 18.3 Å². The van der Waals surface area contributed by atoms with Crippen molar-refractivity contribution in [1.29, 1.82) is 0 Å². The van der Waals surface area contributed by atoms with Gasteiger partial charge in [0.1, 0.15) is 5.82 Å². The number of amides is 1. The highest BCUT2D eigenvalue weighted by atomic mass is 16.6. The number of piperidine rings is 1. The average molecular weight is 549 g/mol. The lowest BCUT2D eigenvalue weighted by Gasteiger charge is -2.26. The predicted octanol–water partition coefficient (Wildman–Crippen LogP) is 5.96. The summed E-state index contributed by atoms with van der Waals surface area (Å²) in [5.74, 6) is 0.550. The minimum atomic E-state index is -0.443. The monoisotopic (exact) mass is 548 g/mol. The normalized spacial score (nSPS) is 16.3. The van der Waals surface area contributed by atoms with E-state index in [9.17, 15) is 14.9 Å². The van der Waals surface area contributed by atoms with Crippen molar-refractivity contribution in [2.45, 2.75) is 25.7 Å². The number of hydrogen-bond donors (Lipinski definition) is 2. The van der Waals surface area contributed by atoms with Gasteiger partial charge < -0.3 is 20.1 Å². The standard InChI is InChI=1S/C32H32N6O3/c1-36-20-16-33-31(36)24-9-11-25(12-10-24)34-30(29-27-21-26(38(40)41)13-14-28(27)35-32(29)39)23-7-5-22(6-8-23)15-19-37-17-3-2-4-18-37/h5-14,16,20-21,34H,2-4,15,17-19H2,1H3,(H,35,39)/b30-29-. The molecule has 208 valence electrons. The van der Waals surface area contributed by atoms with Crippen LogP contribution in [0.4, 0.5) is 17.1 Å². The molecule has 0 atom stereocenters. The first kappa shape index (κ1) is 26.5. The van der Waals surface area contributed by atoms with Gasteiger partial charge in [-0.25, -0.2) is 4.98 Å². The third kappa shape index (κ3) is 5.62. The lowest BCUT2D eigenvalue weighted by Crippen LogP contribution is -2.31. The summed E-state index contributed by atoms with van der Waals surface area (Å²) in [5, 5.41) is 17.9. The van der Waals surface area contributed by atoms with E-state index in [2.05, 4.69) is 32.7 Å². The van der Waals surface area contributed by atoms with Crippen LogP contribution < -0.4 is 10.6 Å². The lowest BCUT2D eigenvalue weighted by atomic mass is 9.98. The van der Waals surface area contributed by atoms with E-state index in [1.165, 1.54) is 37.0 Å². The number of aromatic nitrogens is 2. The summed E-state index contributed by atoms with van der Waals surface area (Å²) >= 11 is 0. The Bertz CT molecular complexity index is 1620. The van der Waals surface area contributed by atoms with Crippen molar-refractivity contribution in [3.05, 3.63) is 106 Å². The summed E-state index contributed by atoms with van der Waals surface area (Å²) in [6.07, 6.45) is 8.48. The van der Waals surface area contributed by atoms with Gasteiger partial charge in [0.2, 0.25) is 0 Å². The highest BCUT2D eigenvalue weighted by Crippen LogP contribution is 2.39. The van der Waals surface area contributed by atoms with Gasteiger partial charge in [-0.15, -0.1) is 0 Å². The van der Waals surface area contributed by atoms with Crippen LogP contribution in [0.1, 0.15) is 36.0 Å². The Balaban J connectivity index is 1.35. The molecule has 0 saturated carbocycles. The van der Waals surface area contributed by atoms with Crippen molar-refractivity contribution in [1.82, 2.24) is 14.5 Å². The lowest BCUT2D eigenvalue weighted by molar-refractivity contribution is -0.384. The van der Waals surface area contributed by atoms with E-state index in [-0.39, 0.29) is 11.6 Å². The van der Waals surface area contributed by atoms with Gasteiger partial charge in [0.25, 0.3) is 11.6 Å². The SMILES string of the molecule is Cn1ccnc1-c1ccc(N/C(=C2\C(=O)Nc3ccc([N+](=O)[O-])cc32)c2ccc(CCN3CCCCC3)cc2)cc1. The molecule has 41 heavy (non-hydrogen) atoms. The van der Waals surface area contributed by atoms with Crippen LogP contribution in [0.3, 0.4) is 0 Å². The number of nitro groups is 1. The largest absolute Gasteiger partial charge is 0.354 e. The number of carbonyl (C=O) groups excluding carboxylic acids is 1. The van der Waals surface area contributed by atoms with Gasteiger partial charge in [0.05, 0.1) is 16.2 Å². The zero-order valence-corrected chi connectivity index (χ0v) is 23.0. The molecule has 1 aromatic heterocycles. The number of nitrogens with one attached hydrogen (secondary N) is 2. The maximum atomic E-state index is 13.3. The first-order valence-corrected chi connectivity index (χ1v) is 14.0. The van der Waals surface area contributed by atoms with E-state index in [0.29, 0.717) is 22.5 Å². The molecule has 2 aliphatic heterocycles. The van der Waals surface area contributed by atoms with Crippen LogP contribution >= 0.6 is 0 Å². The fraction of sp³-hybridized carbons (Fsp3) is 0.250. The molecule has 3 heterocycles. The van der Waals surface area contributed by atoms with Crippen LogP contribution in [0.15, 0.2) is 79.1 Å². The van der Waals surface area contributed by atoms with Crippen molar-refractivity contribution < 1.29 is 9.72 Å². The minimum Gasteiger partial charge on any atom is -0.354 e. The number of aryl methyl sites for hydroxylation is 1. The number of hydrogen-bond acceptors (Lipinski definition) is 6. The van der Waals surface area contributed by atoms with Crippen molar-refractivity contribution in [3.8, 4) is 11.4 Å². The number of likely N-dealkylation sites (tertiary alicyclic amines) is 1. The molecule has 4 aromatic rings. The minimum absolute atomic E-state index is 0.0652. The Hall–Kier alpha value is -4.76. The molecule has 0 spiro atoms. The summed E-state index contributed by atoms with van der Waals surface area (Å²) in [4.78, 5) is 31.4. The van der Waals surface area contributed by atoms with E-state index < -0.39 is 4.92 Å². The zero-order valence-electron chi connectivity index (χ0n) is 23.0. The van der Waals surface area contributed by atoms with Crippen LogP contribution in [0.25, 0.3) is 22.7 Å². The fourth-order valence-corrected chi connectivity index (χ4v) is 5.60. The predicted molar refractivity (Wildman–Crippen MR) is 161 cm³/mol. The number of fused-ring (bicyclic) bond motifs is 1. The third-order valence-corrected chi connectivity index (χ3v) is 7.85. The number of nitrogens with zero attached hydrogens (tertiary/aromatic N) is 4. The molecular formula is C32H32N6O3. The Morgan fingerprint density at radius 3 is 2.46 bits per heavy atom. The summed E-state index contributed by atoms with van der Waals surface area (Å²) in [6.45, 7) is 3.36. The van der Waals surface area contributed by atoms with E-state index in [1.807, 2.05) is 54.2 Å². The van der Waals surface area contributed by atoms with E-state index in [4.69, 9.17) is 0 Å². The van der Waals surface area contributed by atoms with Gasteiger partial charge in [0.15, 0.2) is 0 Å². The summed E-state index contributed by atoms with van der Waals surface area (Å²) < 4.78 is 1.95. The van der Waals surface area contributed by atoms with Crippen LogP contribution in [-0.4, -0.2) is 44.9 Å². The number of carbonyl (C=O) groups is 1. The van der Waals surface area contributed by atoms with Crippen LogP contribution in [0.5, 0.6) is 0 Å². The van der Waals surface area contributed by atoms with Gasteiger partial charge >= 0.3 is 0 Å². The second-order valence-corrected chi connectivity index (χ2v) is 10.6. The van der Waals surface area contributed by atoms with E-state index in [0.717, 1.165) is 48.7 Å². The van der Waals surface area contributed by atoms with Crippen molar-refractivity contribution in [2.24, 2.45) is 7.05 Å². The highest BCUT2D eigenvalue weighted by Gasteiger charge is 2.30. The molecule has 1 fully saturated rings. The molecule has 9 nitrogen and oxygen atoms in total. The second kappa shape index (κ2) is 11.4. The van der Waals surface area contributed by atoms with Gasteiger partial charge in [0, 0.05) is 60.6 Å². The molecule has 0 bridgehead atoms. The van der Waals surface area contributed by atoms with Gasteiger partial charge in [-0.2, -0.15) is 0 Å². The number of benzene rings is 3. The molecule has 3 aromatic carbocycles. The fourth-order valence-electron chi connectivity index (χ4n) is 5.60. The highest BCUT2D eigenvalue weighted by molar-refractivity contribution is 6.37. The van der Waals surface area contributed by atoms with Gasteiger partial charge in [-0.3, -0.25) is 14.9 Å². The molecule has 9 heteroatoms.